The first-order chi connectivity index (χ1) is 8.67. The van der Waals surface area contributed by atoms with E-state index in [9.17, 15) is 9.59 Å². The fraction of sp³-hybridized carbons (Fsp3) is 0.385. The lowest BCUT2D eigenvalue weighted by atomic mass is 10.1. The standard InChI is InChI=1S/C13H15BrN2O2/c1-15-13(18)12-3-2-6-16(12)11-5-4-10(14)7-9(11)8-17/h4-5,7-8,12H,2-3,6H2,1H3,(H,15,18). The zero-order valence-electron chi connectivity index (χ0n) is 10.1. The van der Waals surface area contributed by atoms with Crippen LogP contribution in [0.4, 0.5) is 5.69 Å². The van der Waals surface area contributed by atoms with E-state index >= 15 is 0 Å². The molecule has 0 spiro atoms. The Balaban J connectivity index is 2.35. The van der Waals surface area contributed by atoms with Crippen molar-refractivity contribution >= 4 is 33.8 Å². The number of likely N-dealkylation sites (N-methyl/N-ethyl adjacent to an activating group) is 1. The van der Waals surface area contributed by atoms with Crippen LogP contribution >= 0.6 is 15.9 Å². The zero-order valence-corrected chi connectivity index (χ0v) is 11.7. The highest BCUT2D eigenvalue weighted by Gasteiger charge is 2.31. The van der Waals surface area contributed by atoms with Crippen LogP contribution in [-0.2, 0) is 4.79 Å². The number of rotatable bonds is 3. The number of anilines is 1. The molecule has 0 aromatic heterocycles. The van der Waals surface area contributed by atoms with Crippen molar-refractivity contribution in [1.29, 1.82) is 0 Å². The number of aldehydes is 1. The van der Waals surface area contributed by atoms with E-state index in [2.05, 4.69) is 21.2 Å². The molecule has 4 nitrogen and oxygen atoms in total. The first-order valence-corrected chi connectivity index (χ1v) is 6.69. The van der Waals surface area contributed by atoms with Gasteiger partial charge in [-0.15, -0.1) is 0 Å². The molecule has 0 saturated carbocycles. The molecule has 1 aliphatic heterocycles. The fourth-order valence-corrected chi connectivity index (χ4v) is 2.75. The minimum atomic E-state index is -0.171. The summed E-state index contributed by atoms with van der Waals surface area (Å²) in [6.07, 6.45) is 2.62. The van der Waals surface area contributed by atoms with Crippen molar-refractivity contribution in [2.45, 2.75) is 18.9 Å². The zero-order chi connectivity index (χ0) is 13.1. The summed E-state index contributed by atoms with van der Waals surface area (Å²) in [5.74, 6) is 0.00673. The van der Waals surface area contributed by atoms with Gasteiger partial charge in [0.2, 0.25) is 5.91 Å². The van der Waals surface area contributed by atoms with Gasteiger partial charge in [0.05, 0.1) is 0 Å². The molecule has 96 valence electrons. The molecule has 2 rings (SSSR count). The molecule has 0 radical (unpaired) electrons. The summed E-state index contributed by atoms with van der Waals surface area (Å²) in [7, 11) is 1.64. The molecule has 1 aromatic carbocycles. The van der Waals surface area contributed by atoms with Crippen molar-refractivity contribution in [3.63, 3.8) is 0 Å². The summed E-state index contributed by atoms with van der Waals surface area (Å²) in [5.41, 5.74) is 1.44. The van der Waals surface area contributed by atoms with Crippen LogP contribution in [0.3, 0.4) is 0 Å². The normalized spacial score (nSPS) is 18.8. The molecule has 0 bridgehead atoms. The lowest BCUT2D eigenvalue weighted by molar-refractivity contribution is -0.121. The van der Waals surface area contributed by atoms with Gasteiger partial charge in [-0.3, -0.25) is 9.59 Å². The van der Waals surface area contributed by atoms with Crippen LogP contribution in [0.5, 0.6) is 0 Å². The van der Waals surface area contributed by atoms with E-state index in [1.54, 1.807) is 13.1 Å². The Kier molecular flexibility index (Phi) is 4.01. The number of benzene rings is 1. The average Bonchev–Trinajstić information content (AvgIpc) is 2.86. The maximum absolute atomic E-state index is 11.8. The molecular formula is C13H15BrN2O2. The SMILES string of the molecule is CNC(=O)C1CCCN1c1ccc(Br)cc1C=O. The Bertz CT molecular complexity index is 476. The number of nitrogens with one attached hydrogen (secondary N) is 1. The van der Waals surface area contributed by atoms with Crippen LogP contribution in [0.1, 0.15) is 23.2 Å². The largest absolute Gasteiger partial charge is 0.359 e. The van der Waals surface area contributed by atoms with Gasteiger partial charge >= 0.3 is 0 Å². The summed E-state index contributed by atoms with van der Waals surface area (Å²) in [6.45, 7) is 0.806. The minimum Gasteiger partial charge on any atom is -0.359 e. The topological polar surface area (TPSA) is 49.4 Å². The number of amides is 1. The molecule has 1 atom stereocenters. The molecule has 1 fully saturated rings. The number of hydrogen-bond donors (Lipinski definition) is 1. The van der Waals surface area contributed by atoms with E-state index in [0.717, 1.165) is 35.8 Å². The molecule has 1 heterocycles. The maximum Gasteiger partial charge on any atom is 0.242 e. The Morgan fingerprint density at radius 1 is 1.56 bits per heavy atom. The second-order valence-corrected chi connectivity index (χ2v) is 5.20. The lowest BCUT2D eigenvalue weighted by Crippen LogP contribution is -2.42. The minimum absolute atomic E-state index is 0.00673. The van der Waals surface area contributed by atoms with Gasteiger partial charge in [0.25, 0.3) is 0 Å². The van der Waals surface area contributed by atoms with Crippen LogP contribution < -0.4 is 10.2 Å². The van der Waals surface area contributed by atoms with E-state index in [0.29, 0.717) is 5.56 Å². The van der Waals surface area contributed by atoms with Gasteiger partial charge in [-0.25, -0.2) is 0 Å². The molecule has 18 heavy (non-hydrogen) atoms. The van der Waals surface area contributed by atoms with Gasteiger partial charge < -0.3 is 10.2 Å². The molecule has 1 saturated heterocycles. The molecular weight excluding hydrogens is 296 g/mol. The average molecular weight is 311 g/mol. The molecule has 1 aliphatic rings. The predicted molar refractivity (Wildman–Crippen MR) is 74.0 cm³/mol. The van der Waals surface area contributed by atoms with Crippen molar-refractivity contribution in [2.24, 2.45) is 0 Å². The molecule has 0 aliphatic carbocycles. The van der Waals surface area contributed by atoms with Gasteiger partial charge in [-0.2, -0.15) is 0 Å². The monoisotopic (exact) mass is 310 g/mol. The summed E-state index contributed by atoms with van der Waals surface area (Å²) < 4.78 is 0.865. The Morgan fingerprint density at radius 2 is 2.33 bits per heavy atom. The van der Waals surface area contributed by atoms with E-state index in [1.165, 1.54) is 0 Å². The molecule has 1 unspecified atom stereocenters. The van der Waals surface area contributed by atoms with Crippen molar-refractivity contribution < 1.29 is 9.59 Å². The smallest absolute Gasteiger partial charge is 0.242 e. The molecule has 5 heteroatoms. The van der Waals surface area contributed by atoms with Crippen molar-refractivity contribution in [2.75, 3.05) is 18.5 Å². The molecule has 1 N–H and O–H groups in total. The third kappa shape index (κ3) is 2.41. The number of carbonyl (C=O) groups is 2. The van der Waals surface area contributed by atoms with Gasteiger partial charge in [0, 0.05) is 29.3 Å². The van der Waals surface area contributed by atoms with Crippen LogP contribution in [0, 0.1) is 0 Å². The molecule has 1 aromatic rings. The lowest BCUT2D eigenvalue weighted by Gasteiger charge is -2.26. The Hall–Kier alpha value is -1.36. The van der Waals surface area contributed by atoms with Crippen molar-refractivity contribution in [3.8, 4) is 0 Å². The quantitative estimate of drug-likeness (QED) is 0.869. The number of nitrogens with zero attached hydrogens (tertiary/aromatic N) is 1. The van der Waals surface area contributed by atoms with E-state index in [-0.39, 0.29) is 11.9 Å². The second kappa shape index (κ2) is 5.52. The second-order valence-electron chi connectivity index (χ2n) is 4.29. The highest BCUT2D eigenvalue weighted by molar-refractivity contribution is 9.10. The third-order valence-corrected chi connectivity index (χ3v) is 3.72. The number of halogens is 1. The van der Waals surface area contributed by atoms with E-state index < -0.39 is 0 Å². The molecule has 1 amide bonds. The number of hydrogen-bond acceptors (Lipinski definition) is 3. The van der Waals surface area contributed by atoms with Crippen LogP contribution in [0.2, 0.25) is 0 Å². The van der Waals surface area contributed by atoms with Crippen LogP contribution in [0.15, 0.2) is 22.7 Å². The summed E-state index contributed by atoms with van der Waals surface area (Å²) in [6, 6.07) is 5.38. The Morgan fingerprint density at radius 3 is 3.00 bits per heavy atom. The third-order valence-electron chi connectivity index (χ3n) is 3.23. The maximum atomic E-state index is 11.8. The summed E-state index contributed by atoms with van der Waals surface area (Å²) in [5, 5.41) is 2.68. The van der Waals surface area contributed by atoms with Gasteiger partial charge in [-0.1, -0.05) is 15.9 Å². The van der Waals surface area contributed by atoms with Gasteiger partial charge in [0.1, 0.15) is 6.04 Å². The van der Waals surface area contributed by atoms with Crippen molar-refractivity contribution in [1.82, 2.24) is 5.32 Å². The first-order valence-electron chi connectivity index (χ1n) is 5.90. The summed E-state index contributed by atoms with van der Waals surface area (Å²) >= 11 is 3.35. The van der Waals surface area contributed by atoms with Crippen molar-refractivity contribution in [3.05, 3.63) is 28.2 Å². The highest BCUT2D eigenvalue weighted by atomic mass is 79.9. The predicted octanol–water partition coefficient (Wildman–Crippen LogP) is 1.98. The van der Waals surface area contributed by atoms with Gasteiger partial charge in [-0.05, 0) is 31.0 Å². The van der Waals surface area contributed by atoms with Gasteiger partial charge in [0.15, 0.2) is 6.29 Å². The number of carbonyl (C=O) groups excluding carboxylic acids is 2. The first kappa shape index (κ1) is 13.1. The van der Waals surface area contributed by atoms with E-state index in [1.807, 2.05) is 17.0 Å². The van der Waals surface area contributed by atoms with Crippen LogP contribution in [-0.4, -0.2) is 31.8 Å². The fourth-order valence-electron chi connectivity index (χ4n) is 2.38. The Labute approximate surface area is 114 Å². The van der Waals surface area contributed by atoms with Crippen LogP contribution in [0.25, 0.3) is 0 Å². The van der Waals surface area contributed by atoms with E-state index in [4.69, 9.17) is 0 Å². The summed E-state index contributed by atoms with van der Waals surface area (Å²) in [4.78, 5) is 25.0. The highest BCUT2D eigenvalue weighted by Crippen LogP contribution is 2.30.